The number of nitrogens with zero attached hydrogens (tertiary/aromatic N) is 4. The van der Waals surface area contributed by atoms with Gasteiger partial charge in [0.1, 0.15) is 11.5 Å². The standard InChI is InChI=1S/C19H22N8O3/c1-9(10-2-3-10)21-18(29)25-14-7-15(22-12-4-5-12)27-16(24-14)11(8-20-27)6-13-17(28)26-19(30)23-13/h6-10,12,28H,2-5H2,1H3,(H2,21,25,29)(H2,23,26,30)/t9-/m0/s1. The van der Waals surface area contributed by atoms with Crippen LogP contribution in [0.1, 0.15) is 38.3 Å². The van der Waals surface area contributed by atoms with E-state index in [-0.39, 0.29) is 29.7 Å². The Balaban J connectivity index is 1.55. The van der Waals surface area contributed by atoms with Gasteiger partial charge in [0.15, 0.2) is 11.1 Å². The summed E-state index contributed by atoms with van der Waals surface area (Å²) in [6, 6.07) is 1.73. The number of urea groups is 1. The summed E-state index contributed by atoms with van der Waals surface area (Å²) in [5.74, 6) is 0.619. The number of imidazole rings is 1. The molecule has 0 bridgehead atoms. The zero-order chi connectivity index (χ0) is 20.8. The Labute approximate surface area is 170 Å². The van der Waals surface area contributed by atoms with Crippen molar-refractivity contribution in [2.75, 3.05) is 5.32 Å². The van der Waals surface area contributed by atoms with Gasteiger partial charge in [-0.1, -0.05) is 0 Å². The molecule has 1 atom stereocenters. The number of carbonyl (C=O) groups is 1. The molecule has 0 radical (unpaired) electrons. The minimum atomic E-state index is -0.517. The predicted molar refractivity (Wildman–Crippen MR) is 108 cm³/mol. The number of anilines is 1. The van der Waals surface area contributed by atoms with Gasteiger partial charge in [-0.2, -0.15) is 9.61 Å². The lowest BCUT2D eigenvalue weighted by atomic mass is 10.2. The molecule has 0 aliphatic heterocycles. The second-order valence-corrected chi connectivity index (χ2v) is 7.91. The van der Waals surface area contributed by atoms with E-state index in [1.54, 1.807) is 22.9 Å². The second kappa shape index (κ2) is 7.01. The molecule has 11 heteroatoms. The monoisotopic (exact) mass is 410 g/mol. The molecule has 2 aliphatic rings. The highest BCUT2D eigenvalue weighted by Gasteiger charge is 2.29. The van der Waals surface area contributed by atoms with Gasteiger partial charge in [-0.15, -0.1) is 0 Å². The number of hydrogen-bond donors (Lipinski definition) is 5. The molecule has 2 saturated carbocycles. The number of carbonyl (C=O) groups excluding carboxylic acids is 1. The van der Waals surface area contributed by atoms with Crippen LogP contribution >= 0.6 is 0 Å². The third kappa shape index (κ3) is 3.78. The van der Waals surface area contributed by atoms with E-state index in [1.807, 2.05) is 6.92 Å². The number of aromatic amines is 2. The second-order valence-electron chi connectivity index (χ2n) is 7.91. The third-order valence-corrected chi connectivity index (χ3v) is 5.31. The van der Waals surface area contributed by atoms with Crippen LogP contribution in [0.25, 0.3) is 11.7 Å². The number of H-pyrrole nitrogens is 2. The normalized spacial score (nSPS) is 18.7. The lowest BCUT2D eigenvalue weighted by Crippen LogP contribution is -2.37. The molecule has 3 heterocycles. The van der Waals surface area contributed by atoms with Gasteiger partial charge >= 0.3 is 11.7 Å². The van der Waals surface area contributed by atoms with E-state index in [1.165, 1.54) is 0 Å². The topological polar surface area (TPSA) is 153 Å². The van der Waals surface area contributed by atoms with Crippen molar-refractivity contribution in [2.24, 2.45) is 10.9 Å². The molecule has 156 valence electrons. The fraction of sp³-hybridized carbons (Fsp3) is 0.421. The highest BCUT2D eigenvalue weighted by Crippen LogP contribution is 2.32. The molecule has 5 rings (SSSR count). The van der Waals surface area contributed by atoms with E-state index >= 15 is 0 Å². The Morgan fingerprint density at radius 2 is 2.17 bits per heavy atom. The molecule has 2 amide bonds. The van der Waals surface area contributed by atoms with Crippen molar-refractivity contribution in [1.82, 2.24) is 29.9 Å². The minimum Gasteiger partial charge on any atom is -0.493 e. The molecule has 11 nitrogen and oxygen atoms in total. The minimum absolute atomic E-state index is 0.108. The average molecular weight is 410 g/mol. The quantitative estimate of drug-likeness (QED) is 0.400. The number of aromatic hydroxyl groups is 1. The fourth-order valence-electron chi connectivity index (χ4n) is 3.33. The molecular weight excluding hydrogens is 388 g/mol. The van der Waals surface area contributed by atoms with Crippen molar-refractivity contribution in [3.63, 3.8) is 0 Å². The van der Waals surface area contributed by atoms with Crippen molar-refractivity contribution in [2.45, 2.75) is 44.7 Å². The molecule has 0 unspecified atom stereocenters. The van der Waals surface area contributed by atoms with Crippen LogP contribution in [0, 0.1) is 5.92 Å². The molecule has 0 aromatic carbocycles. The van der Waals surface area contributed by atoms with E-state index in [0.29, 0.717) is 28.1 Å². The largest absolute Gasteiger partial charge is 0.493 e. The Kier molecular flexibility index (Phi) is 4.30. The summed E-state index contributed by atoms with van der Waals surface area (Å²) in [7, 11) is 0. The van der Waals surface area contributed by atoms with Gasteiger partial charge in [-0.3, -0.25) is 15.3 Å². The summed E-state index contributed by atoms with van der Waals surface area (Å²) >= 11 is 0. The lowest BCUT2D eigenvalue weighted by molar-refractivity contribution is 0.248. The number of aromatic nitrogens is 5. The lowest BCUT2D eigenvalue weighted by Gasteiger charge is -2.13. The maximum Gasteiger partial charge on any atom is 0.326 e. The molecule has 3 aromatic heterocycles. The highest BCUT2D eigenvalue weighted by molar-refractivity contribution is 5.88. The Morgan fingerprint density at radius 3 is 2.83 bits per heavy atom. The van der Waals surface area contributed by atoms with E-state index in [2.05, 4.69) is 35.7 Å². The maximum absolute atomic E-state index is 12.4. The number of fused-ring (bicyclic) bond motifs is 1. The number of amides is 2. The van der Waals surface area contributed by atoms with E-state index < -0.39 is 5.69 Å². The first-order chi connectivity index (χ1) is 14.5. The molecular formula is C19H22N8O3. The molecule has 0 spiro atoms. The van der Waals surface area contributed by atoms with Crippen LogP contribution in [0.2, 0.25) is 0 Å². The Morgan fingerprint density at radius 1 is 1.37 bits per heavy atom. The zero-order valence-corrected chi connectivity index (χ0v) is 16.3. The first kappa shape index (κ1) is 18.4. The summed E-state index contributed by atoms with van der Waals surface area (Å²) in [5.41, 5.74) is 0.728. The van der Waals surface area contributed by atoms with E-state index in [9.17, 15) is 14.7 Å². The molecule has 2 fully saturated rings. The molecule has 5 N–H and O–H groups in total. The van der Waals surface area contributed by atoms with Crippen molar-refractivity contribution in [3.8, 4) is 5.88 Å². The van der Waals surface area contributed by atoms with E-state index in [0.717, 1.165) is 25.7 Å². The van der Waals surface area contributed by atoms with Crippen LogP contribution in [0.5, 0.6) is 5.88 Å². The van der Waals surface area contributed by atoms with Gasteiger partial charge in [-0.05, 0) is 44.6 Å². The first-order valence-electron chi connectivity index (χ1n) is 9.99. The fourth-order valence-corrected chi connectivity index (χ4v) is 3.33. The highest BCUT2D eigenvalue weighted by atomic mass is 16.3. The van der Waals surface area contributed by atoms with Gasteiger partial charge in [0.25, 0.3) is 0 Å². The summed E-state index contributed by atoms with van der Waals surface area (Å²) in [6.07, 6.45) is 7.44. The third-order valence-electron chi connectivity index (χ3n) is 5.31. The SMILES string of the molecule is C[C@H](NC(=O)Nc1cc(=NC2CC2)n2ncc(=Cc3[nH]c(=O)[nH]c3O)c2n1)C1CC1. The Bertz CT molecular complexity index is 1300. The Hall–Kier alpha value is -3.63. The molecule has 30 heavy (non-hydrogen) atoms. The first-order valence-corrected chi connectivity index (χ1v) is 9.99. The van der Waals surface area contributed by atoms with Crippen LogP contribution < -0.4 is 27.0 Å². The summed E-state index contributed by atoms with van der Waals surface area (Å²) in [6.45, 7) is 2.00. The number of nitrogens with one attached hydrogen (secondary N) is 4. The summed E-state index contributed by atoms with van der Waals surface area (Å²) < 4.78 is 1.59. The van der Waals surface area contributed by atoms with Crippen LogP contribution in [-0.4, -0.2) is 47.8 Å². The maximum atomic E-state index is 12.4. The zero-order valence-electron chi connectivity index (χ0n) is 16.3. The van der Waals surface area contributed by atoms with E-state index in [4.69, 9.17) is 0 Å². The van der Waals surface area contributed by atoms with Gasteiger partial charge in [0.2, 0.25) is 5.88 Å². The molecule has 2 aliphatic carbocycles. The van der Waals surface area contributed by atoms with Gasteiger partial charge in [0, 0.05) is 17.3 Å². The summed E-state index contributed by atoms with van der Waals surface area (Å²) in [5, 5.41) is 20.5. The van der Waals surface area contributed by atoms with Gasteiger partial charge in [0.05, 0.1) is 12.2 Å². The van der Waals surface area contributed by atoms with Crippen molar-refractivity contribution in [3.05, 3.63) is 39.1 Å². The predicted octanol–water partition coefficient (Wildman–Crippen LogP) is -0.0179. The van der Waals surface area contributed by atoms with Crippen LogP contribution in [0.3, 0.4) is 0 Å². The van der Waals surface area contributed by atoms with Gasteiger partial charge in [-0.25, -0.2) is 14.6 Å². The number of hydrogen-bond acceptors (Lipinski definition) is 6. The van der Waals surface area contributed by atoms with Crippen molar-refractivity contribution in [1.29, 1.82) is 0 Å². The van der Waals surface area contributed by atoms with Crippen molar-refractivity contribution >= 4 is 23.6 Å². The smallest absolute Gasteiger partial charge is 0.326 e. The van der Waals surface area contributed by atoms with Crippen LogP contribution in [0.15, 0.2) is 22.1 Å². The van der Waals surface area contributed by atoms with Crippen molar-refractivity contribution < 1.29 is 9.90 Å². The van der Waals surface area contributed by atoms with Crippen LogP contribution in [-0.2, 0) is 0 Å². The molecule has 3 aromatic rings. The average Bonchev–Trinajstić information content (AvgIpc) is 3.60. The number of rotatable bonds is 5. The van der Waals surface area contributed by atoms with Crippen LogP contribution in [0.4, 0.5) is 10.6 Å². The molecule has 0 saturated heterocycles. The van der Waals surface area contributed by atoms with Gasteiger partial charge < -0.3 is 15.4 Å². The summed E-state index contributed by atoms with van der Waals surface area (Å²) in [4.78, 5) is 37.8.